The minimum Gasteiger partial charge on any atom is -0.484 e. The summed E-state index contributed by atoms with van der Waals surface area (Å²) in [6.07, 6.45) is -0.627. The van der Waals surface area contributed by atoms with Crippen molar-refractivity contribution in [2.75, 3.05) is 26.3 Å². The molecule has 1 aromatic rings. The average Bonchev–Trinajstić information content (AvgIpc) is 2.77. The van der Waals surface area contributed by atoms with Crippen molar-refractivity contribution < 1.29 is 23.9 Å². The van der Waals surface area contributed by atoms with E-state index in [4.69, 9.17) is 4.74 Å². The maximum Gasteiger partial charge on any atom is 0.417 e. The number of hydrogen-bond donors (Lipinski definition) is 0. The molecule has 2 aliphatic rings. The van der Waals surface area contributed by atoms with E-state index in [-0.39, 0.29) is 31.1 Å². The monoisotopic (exact) mass is 304 g/mol. The Kier molecular flexibility index (Phi) is 3.70. The third kappa shape index (κ3) is 2.74. The number of carbonyl (C=O) groups is 3. The first-order chi connectivity index (χ1) is 10.5. The molecule has 0 radical (unpaired) electrons. The topological polar surface area (TPSA) is 76.2 Å². The summed E-state index contributed by atoms with van der Waals surface area (Å²) in [5, 5.41) is 0. The van der Waals surface area contributed by atoms with Gasteiger partial charge in [0.15, 0.2) is 13.2 Å². The molecule has 7 heteroatoms. The number of hydrogen-bond acceptors (Lipinski definition) is 5. The van der Waals surface area contributed by atoms with Gasteiger partial charge in [-0.15, -0.1) is 0 Å². The Bertz CT molecular complexity index is 591. The van der Waals surface area contributed by atoms with E-state index in [9.17, 15) is 14.4 Å². The Hall–Kier alpha value is -2.57. The number of imide groups is 1. The summed E-state index contributed by atoms with van der Waals surface area (Å²) in [5.41, 5.74) is 1.12. The van der Waals surface area contributed by atoms with Crippen LogP contribution < -0.4 is 4.74 Å². The van der Waals surface area contributed by atoms with Gasteiger partial charge in [-0.3, -0.25) is 9.59 Å². The van der Waals surface area contributed by atoms with Gasteiger partial charge in [-0.25, -0.2) is 9.69 Å². The lowest BCUT2D eigenvalue weighted by Gasteiger charge is -2.41. The number of cyclic esters (lactones) is 1. The maximum atomic E-state index is 12.0. The zero-order chi connectivity index (χ0) is 15.7. The molecule has 22 heavy (non-hydrogen) atoms. The molecule has 2 fully saturated rings. The normalized spacial score (nSPS) is 18.2. The zero-order valence-electron chi connectivity index (χ0n) is 12.2. The largest absolute Gasteiger partial charge is 0.484 e. The van der Waals surface area contributed by atoms with E-state index in [2.05, 4.69) is 4.74 Å². The van der Waals surface area contributed by atoms with Crippen LogP contribution in [0.2, 0.25) is 0 Å². The molecule has 0 spiro atoms. The van der Waals surface area contributed by atoms with E-state index in [1.807, 2.05) is 19.1 Å². The lowest BCUT2D eigenvalue weighted by atomic mass is 10.1. The number of aryl methyl sites for hydroxylation is 1. The number of amides is 3. The molecule has 0 saturated carbocycles. The van der Waals surface area contributed by atoms with Gasteiger partial charge in [0.2, 0.25) is 0 Å². The third-order valence-corrected chi connectivity index (χ3v) is 3.75. The Balaban J connectivity index is 1.46. The van der Waals surface area contributed by atoms with Gasteiger partial charge in [0.05, 0.1) is 6.04 Å². The van der Waals surface area contributed by atoms with E-state index in [0.29, 0.717) is 18.8 Å². The van der Waals surface area contributed by atoms with Gasteiger partial charge in [-0.05, 0) is 19.1 Å². The predicted octanol–water partition coefficient (Wildman–Crippen LogP) is 0.563. The fourth-order valence-corrected chi connectivity index (χ4v) is 2.41. The molecule has 0 atom stereocenters. The van der Waals surface area contributed by atoms with Crippen LogP contribution in [0.4, 0.5) is 4.79 Å². The Morgan fingerprint density at radius 2 is 1.95 bits per heavy atom. The van der Waals surface area contributed by atoms with Gasteiger partial charge < -0.3 is 14.4 Å². The highest BCUT2D eigenvalue weighted by Crippen LogP contribution is 2.20. The Morgan fingerprint density at radius 3 is 2.55 bits per heavy atom. The van der Waals surface area contributed by atoms with Crippen molar-refractivity contribution in [1.29, 1.82) is 0 Å². The second kappa shape index (κ2) is 5.67. The van der Waals surface area contributed by atoms with Crippen LogP contribution in [0.5, 0.6) is 5.75 Å². The van der Waals surface area contributed by atoms with Crippen LogP contribution in [0, 0.1) is 6.92 Å². The molecular formula is C15H16N2O5. The lowest BCUT2D eigenvalue weighted by molar-refractivity contribution is -0.143. The quantitative estimate of drug-likeness (QED) is 0.812. The van der Waals surface area contributed by atoms with Crippen LogP contribution in [0.1, 0.15) is 5.56 Å². The Morgan fingerprint density at radius 1 is 1.27 bits per heavy atom. The third-order valence-electron chi connectivity index (χ3n) is 3.75. The molecule has 0 bridgehead atoms. The number of likely N-dealkylation sites (tertiary alicyclic amines) is 1. The maximum absolute atomic E-state index is 12.0. The minimum absolute atomic E-state index is 0.0613. The first-order valence-corrected chi connectivity index (χ1v) is 7.00. The number of nitrogens with zero attached hydrogens (tertiary/aromatic N) is 2. The molecule has 2 aliphatic heterocycles. The SMILES string of the molecule is Cc1ccc(OCC(=O)N2CC(N3C(=O)COC3=O)C2)cc1. The lowest BCUT2D eigenvalue weighted by Crippen LogP contribution is -2.62. The van der Waals surface area contributed by atoms with Crippen molar-refractivity contribution in [1.82, 2.24) is 9.80 Å². The van der Waals surface area contributed by atoms with E-state index >= 15 is 0 Å². The fourth-order valence-electron chi connectivity index (χ4n) is 2.41. The molecule has 116 valence electrons. The highest BCUT2D eigenvalue weighted by molar-refractivity contribution is 5.98. The first-order valence-electron chi connectivity index (χ1n) is 7.00. The summed E-state index contributed by atoms with van der Waals surface area (Å²) < 4.78 is 10.1. The summed E-state index contributed by atoms with van der Waals surface area (Å²) in [6, 6.07) is 7.14. The molecule has 3 amide bonds. The van der Waals surface area contributed by atoms with Crippen LogP contribution in [-0.2, 0) is 14.3 Å². The first kappa shape index (κ1) is 14.4. The highest BCUT2D eigenvalue weighted by atomic mass is 16.6. The van der Waals surface area contributed by atoms with Crippen LogP contribution in [0.3, 0.4) is 0 Å². The van der Waals surface area contributed by atoms with E-state index in [1.54, 1.807) is 17.0 Å². The molecule has 7 nitrogen and oxygen atoms in total. The smallest absolute Gasteiger partial charge is 0.417 e. The molecule has 3 rings (SSSR count). The van der Waals surface area contributed by atoms with Gasteiger partial charge >= 0.3 is 6.09 Å². The predicted molar refractivity (Wildman–Crippen MR) is 75.2 cm³/mol. The molecule has 0 aromatic heterocycles. The molecule has 2 heterocycles. The highest BCUT2D eigenvalue weighted by Gasteiger charge is 2.44. The standard InChI is InChI=1S/C15H16N2O5/c1-10-2-4-12(5-3-10)21-8-13(18)16-6-11(7-16)17-14(19)9-22-15(17)20/h2-5,11H,6-9H2,1H3. The molecule has 0 aliphatic carbocycles. The van der Waals surface area contributed by atoms with Crippen molar-refractivity contribution in [2.45, 2.75) is 13.0 Å². The van der Waals surface area contributed by atoms with Gasteiger partial charge in [0, 0.05) is 13.1 Å². The number of benzene rings is 1. The zero-order valence-corrected chi connectivity index (χ0v) is 12.2. The van der Waals surface area contributed by atoms with Crippen LogP contribution in [-0.4, -0.2) is 60.1 Å². The van der Waals surface area contributed by atoms with E-state index in [1.165, 1.54) is 0 Å². The minimum atomic E-state index is -0.627. The number of carbonyl (C=O) groups excluding carboxylic acids is 3. The average molecular weight is 304 g/mol. The summed E-state index contributed by atoms with van der Waals surface area (Å²) in [5.74, 6) is 0.115. The van der Waals surface area contributed by atoms with Gasteiger partial charge in [-0.2, -0.15) is 0 Å². The van der Waals surface area contributed by atoms with E-state index in [0.717, 1.165) is 10.5 Å². The molecule has 0 N–H and O–H groups in total. The number of rotatable bonds is 4. The van der Waals surface area contributed by atoms with Crippen LogP contribution >= 0.6 is 0 Å². The van der Waals surface area contributed by atoms with Crippen LogP contribution in [0.15, 0.2) is 24.3 Å². The molecule has 1 aromatic carbocycles. The van der Waals surface area contributed by atoms with Crippen LogP contribution in [0.25, 0.3) is 0 Å². The summed E-state index contributed by atoms with van der Waals surface area (Å²) in [7, 11) is 0. The fraction of sp³-hybridized carbons (Fsp3) is 0.400. The van der Waals surface area contributed by atoms with Gasteiger partial charge in [0.1, 0.15) is 5.75 Å². The molecule has 2 saturated heterocycles. The summed E-state index contributed by atoms with van der Waals surface area (Å²) in [6.45, 7) is 2.36. The Labute approximate surface area is 127 Å². The second-order valence-electron chi connectivity index (χ2n) is 5.37. The summed E-state index contributed by atoms with van der Waals surface area (Å²) in [4.78, 5) is 37.5. The van der Waals surface area contributed by atoms with Crippen molar-refractivity contribution in [3.63, 3.8) is 0 Å². The molecular weight excluding hydrogens is 288 g/mol. The van der Waals surface area contributed by atoms with Crippen molar-refractivity contribution in [3.8, 4) is 5.75 Å². The second-order valence-corrected chi connectivity index (χ2v) is 5.37. The number of ether oxygens (including phenoxy) is 2. The summed E-state index contributed by atoms with van der Waals surface area (Å²) >= 11 is 0. The van der Waals surface area contributed by atoms with Gasteiger partial charge in [-0.1, -0.05) is 17.7 Å². The van der Waals surface area contributed by atoms with Crippen molar-refractivity contribution in [3.05, 3.63) is 29.8 Å². The van der Waals surface area contributed by atoms with E-state index < -0.39 is 6.09 Å². The van der Waals surface area contributed by atoms with Gasteiger partial charge in [0.25, 0.3) is 11.8 Å². The van der Waals surface area contributed by atoms with Crippen molar-refractivity contribution >= 4 is 17.9 Å². The van der Waals surface area contributed by atoms with Crippen molar-refractivity contribution in [2.24, 2.45) is 0 Å². The molecule has 0 unspecified atom stereocenters.